The normalized spacial score (nSPS) is 12.2. The average molecular weight is 842 g/mol. The fourth-order valence-electron chi connectivity index (χ4n) is 11.2. The third kappa shape index (κ3) is 4.74. The van der Waals surface area contributed by atoms with Crippen molar-refractivity contribution in [3.63, 3.8) is 0 Å². The number of hydrogen-bond acceptors (Lipinski definition) is 3. The van der Waals surface area contributed by atoms with E-state index in [-0.39, 0.29) is 0 Å². The lowest BCUT2D eigenvalue weighted by atomic mass is 9.96. The molecule has 0 saturated heterocycles. The van der Waals surface area contributed by atoms with Gasteiger partial charge in [0.1, 0.15) is 5.58 Å². The third-order valence-corrected chi connectivity index (χ3v) is 13.8. The van der Waals surface area contributed by atoms with Crippen LogP contribution in [0.2, 0.25) is 0 Å². The highest BCUT2D eigenvalue weighted by molar-refractivity contribution is 6.39. The van der Waals surface area contributed by atoms with Crippen LogP contribution in [0.1, 0.15) is 0 Å². The average Bonchev–Trinajstić information content (AvgIpc) is 4.13. The molecule has 15 aromatic rings. The van der Waals surface area contributed by atoms with Gasteiger partial charge < -0.3 is 13.6 Å². The van der Waals surface area contributed by atoms with Gasteiger partial charge in [0.15, 0.2) is 0 Å². The van der Waals surface area contributed by atoms with Crippen molar-refractivity contribution in [2.45, 2.75) is 0 Å². The van der Waals surface area contributed by atoms with E-state index in [0.29, 0.717) is 11.7 Å². The highest BCUT2D eigenvalue weighted by atomic mass is 16.3. The van der Waals surface area contributed by atoms with Crippen molar-refractivity contribution < 1.29 is 4.42 Å². The van der Waals surface area contributed by atoms with Crippen molar-refractivity contribution in [2.24, 2.45) is 0 Å². The Hall–Kier alpha value is -9.00. The summed E-state index contributed by atoms with van der Waals surface area (Å²) >= 11 is 0. The Morgan fingerprint density at radius 3 is 1.67 bits per heavy atom. The summed E-state index contributed by atoms with van der Waals surface area (Å²) in [5.41, 5.74) is 11.9. The van der Waals surface area contributed by atoms with Gasteiger partial charge in [-0.2, -0.15) is 4.98 Å². The molecular weight excluding hydrogens is 807 g/mol. The minimum atomic E-state index is 0.542. The minimum absolute atomic E-state index is 0.542. The number of aromatic nitrogens is 5. The molecule has 0 unspecified atom stereocenters. The van der Waals surface area contributed by atoms with Gasteiger partial charge in [-0.15, -0.1) is 0 Å². The zero-order valence-electron chi connectivity index (χ0n) is 35.4. The number of rotatable bonds is 4. The van der Waals surface area contributed by atoms with E-state index in [0.717, 1.165) is 88.2 Å². The molecule has 6 heteroatoms. The van der Waals surface area contributed by atoms with Gasteiger partial charge >= 0.3 is 0 Å². The second-order valence-corrected chi connectivity index (χ2v) is 17.3. The summed E-state index contributed by atoms with van der Waals surface area (Å²) in [6.45, 7) is 0. The summed E-state index contributed by atoms with van der Waals surface area (Å²) in [6.07, 6.45) is 0. The zero-order chi connectivity index (χ0) is 43.0. The van der Waals surface area contributed by atoms with E-state index >= 15 is 0 Å². The Morgan fingerprint density at radius 1 is 0.333 bits per heavy atom. The van der Waals surface area contributed by atoms with Crippen molar-refractivity contribution >= 4 is 109 Å². The Kier molecular flexibility index (Phi) is 7.13. The first-order chi connectivity index (χ1) is 32.8. The molecule has 10 aromatic carbocycles. The maximum atomic E-state index is 6.77. The second-order valence-electron chi connectivity index (χ2n) is 17.3. The molecular formula is C60H35N5O. The van der Waals surface area contributed by atoms with Gasteiger partial charge in [-0.3, -0.25) is 4.57 Å². The van der Waals surface area contributed by atoms with Crippen LogP contribution in [0.4, 0.5) is 0 Å². The molecule has 0 bridgehead atoms. The standard InChI is InChI=1S/C60H35N5O/c1-3-18-38(19-4-1)63-47-28-14-11-23-41(47)46-35-37(32-33-49(46)63)56-55-45-27-13-16-30-51(45)66-59(55)62-60(61-56)65-48-29-15-12-26-44(48)52-42-24-9-10-25-43(42)54-53-40-22-8-7-17-36(40)31-34-50(53)64(58(54)57(52)65)39-20-5-2-6-21-39/h1-35H. The van der Waals surface area contributed by atoms with Gasteiger partial charge in [-0.1, -0.05) is 152 Å². The van der Waals surface area contributed by atoms with E-state index < -0.39 is 0 Å². The molecule has 0 aliphatic heterocycles. The van der Waals surface area contributed by atoms with Crippen molar-refractivity contribution in [1.29, 1.82) is 0 Å². The lowest BCUT2D eigenvalue weighted by Gasteiger charge is -2.14. The molecule has 306 valence electrons. The largest absolute Gasteiger partial charge is 0.437 e. The zero-order valence-corrected chi connectivity index (χ0v) is 35.4. The second kappa shape index (κ2) is 13.3. The number of furan rings is 1. The van der Waals surface area contributed by atoms with Crippen LogP contribution in [-0.2, 0) is 0 Å². The fourth-order valence-corrected chi connectivity index (χ4v) is 11.2. The van der Waals surface area contributed by atoms with Gasteiger partial charge in [-0.05, 0) is 82.2 Å². The molecule has 6 nitrogen and oxygen atoms in total. The first kappa shape index (κ1) is 35.5. The summed E-state index contributed by atoms with van der Waals surface area (Å²) in [5, 5.41) is 13.7. The lowest BCUT2D eigenvalue weighted by molar-refractivity contribution is 0.651. The van der Waals surface area contributed by atoms with Gasteiger partial charge in [0, 0.05) is 54.6 Å². The van der Waals surface area contributed by atoms with Crippen LogP contribution >= 0.6 is 0 Å². The molecule has 5 heterocycles. The van der Waals surface area contributed by atoms with Crippen LogP contribution in [0.3, 0.4) is 0 Å². The maximum Gasteiger partial charge on any atom is 0.238 e. The number of benzene rings is 10. The van der Waals surface area contributed by atoms with E-state index in [1.54, 1.807) is 0 Å². The van der Waals surface area contributed by atoms with Gasteiger partial charge in [-0.25, -0.2) is 4.98 Å². The first-order valence-corrected chi connectivity index (χ1v) is 22.4. The molecule has 0 amide bonds. The van der Waals surface area contributed by atoms with E-state index in [9.17, 15) is 0 Å². The SMILES string of the molecule is c1ccc(-n2c3ccccc3c3cc(-c4nc(-n5c6ccccc6c6c7ccccc7c7c8c9ccccc9ccc8n(-c8ccccc8)c7c65)nc5oc6ccccc6c45)ccc32)cc1. The highest BCUT2D eigenvalue weighted by Crippen LogP contribution is 2.48. The number of nitrogens with zero attached hydrogens (tertiary/aromatic N) is 5. The minimum Gasteiger partial charge on any atom is -0.437 e. The van der Waals surface area contributed by atoms with E-state index in [1.807, 2.05) is 12.1 Å². The molecule has 0 radical (unpaired) electrons. The van der Waals surface area contributed by atoms with Crippen molar-refractivity contribution in [3.05, 3.63) is 212 Å². The number of fused-ring (bicyclic) bond motifs is 18. The number of hydrogen-bond donors (Lipinski definition) is 0. The van der Waals surface area contributed by atoms with Crippen molar-refractivity contribution in [2.75, 3.05) is 0 Å². The van der Waals surface area contributed by atoms with E-state index in [4.69, 9.17) is 14.4 Å². The van der Waals surface area contributed by atoms with Gasteiger partial charge in [0.05, 0.1) is 44.2 Å². The van der Waals surface area contributed by atoms with Gasteiger partial charge in [0.2, 0.25) is 11.7 Å². The van der Waals surface area contributed by atoms with Crippen molar-refractivity contribution in [3.8, 4) is 28.6 Å². The molecule has 0 spiro atoms. The summed E-state index contributed by atoms with van der Waals surface area (Å²) in [7, 11) is 0. The Balaban J connectivity index is 1.13. The third-order valence-electron chi connectivity index (χ3n) is 13.8. The topological polar surface area (TPSA) is 53.7 Å². The molecule has 0 fully saturated rings. The smallest absolute Gasteiger partial charge is 0.238 e. The maximum absolute atomic E-state index is 6.77. The monoisotopic (exact) mass is 841 g/mol. The van der Waals surface area contributed by atoms with E-state index in [2.05, 4.69) is 214 Å². The fraction of sp³-hybridized carbons (Fsp3) is 0. The first-order valence-electron chi connectivity index (χ1n) is 22.4. The van der Waals surface area contributed by atoms with Crippen LogP contribution in [-0.4, -0.2) is 23.7 Å². The van der Waals surface area contributed by atoms with Crippen LogP contribution in [0.25, 0.3) is 138 Å². The molecule has 0 aliphatic rings. The lowest BCUT2D eigenvalue weighted by Crippen LogP contribution is -2.04. The Labute approximate surface area is 376 Å². The quantitative estimate of drug-likeness (QED) is 0.177. The predicted molar refractivity (Wildman–Crippen MR) is 273 cm³/mol. The van der Waals surface area contributed by atoms with E-state index in [1.165, 1.54) is 37.7 Å². The van der Waals surface area contributed by atoms with Crippen LogP contribution in [0.15, 0.2) is 217 Å². The molecule has 0 aliphatic carbocycles. The molecule has 0 atom stereocenters. The van der Waals surface area contributed by atoms with Crippen LogP contribution in [0.5, 0.6) is 0 Å². The summed E-state index contributed by atoms with van der Waals surface area (Å²) in [4.78, 5) is 11.2. The molecule has 0 saturated carbocycles. The Bertz CT molecular complexity index is 4520. The molecule has 15 rings (SSSR count). The van der Waals surface area contributed by atoms with Crippen LogP contribution in [0, 0.1) is 0 Å². The molecule has 0 N–H and O–H groups in total. The van der Waals surface area contributed by atoms with Gasteiger partial charge in [0.25, 0.3) is 0 Å². The van der Waals surface area contributed by atoms with Crippen molar-refractivity contribution in [1.82, 2.24) is 23.7 Å². The van der Waals surface area contributed by atoms with Crippen LogP contribution < -0.4 is 0 Å². The molecule has 5 aromatic heterocycles. The summed E-state index contributed by atoms with van der Waals surface area (Å²) < 4.78 is 13.9. The summed E-state index contributed by atoms with van der Waals surface area (Å²) in [5.74, 6) is 0.542. The molecule has 66 heavy (non-hydrogen) atoms. The highest BCUT2D eigenvalue weighted by Gasteiger charge is 2.28. The number of para-hydroxylation sites is 5. The summed E-state index contributed by atoms with van der Waals surface area (Å²) in [6, 6.07) is 75.9. The predicted octanol–water partition coefficient (Wildman–Crippen LogP) is 15.6. The Morgan fingerprint density at radius 2 is 0.894 bits per heavy atom.